The lowest BCUT2D eigenvalue weighted by atomic mass is 9.43. The minimum atomic E-state index is -4.53. The van der Waals surface area contributed by atoms with Crippen LogP contribution in [0.15, 0.2) is 89.9 Å². The van der Waals surface area contributed by atoms with Gasteiger partial charge in [0.25, 0.3) is 5.56 Å². The second-order valence-corrected chi connectivity index (χ2v) is 17.9. The van der Waals surface area contributed by atoms with Gasteiger partial charge in [0.15, 0.2) is 0 Å². The molecule has 11 nitrogen and oxygen atoms in total. The van der Waals surface area contributed by atoms with Gasteiger partial charge in [-0.2, -0.15) is 13.2 Å². The maximum atomic E-state index is 14.5. The maximum Gasteiger partial charge on any atom is 0.481 e. The molecule has 15 heteroatoms. The van der Waals surface area contributed by atoms with E-state index in [1.54, 1.807) is 31.2 Å². The van der Waals surface area contributed by atoms with E-state index in [9.17, 15) is 27.6 Å². The molecule has 1 aromatic heterocycles. The Hall–Kier alpha value is -5.15. The van der Waals surface area contributed by atoms with E-state index in [4.69, 9.17) is 14.0 Å². The second-order valence-electron chi connectivity index (χ2n) is 17.9. The van der Waals surface area contributed by atoms with Crippen LogP contribution in [0.4, 0.5) is 24.5 Å². The summed E-state index contributed by atoms with van der Waals surface area (Å²) in [5, 5.41) is 9.01. The Balaban J connectivity index is 1.01. The number of nitrogens with zero attached hydrogens (tertiary/aromatic N) is 2. The molecular formula is C45H51BF3N5O6. The summed E-state index contributed by atoms with van der Waals surface area (Å²) in [4.78, 5) is 47.2. The van der Waals surface area contributed by atoms with Crippen LogP contribution in [0.1, 0.15) is 95.3 Å². The highest BCUT2D eigenvalue weighted by molar-refractivity contribution is 6.47. The van der Waals surface area contributed by atoms with Crippen molar-refractivity contribution in [2.45, 2.75) is 115 Å². The van der Waals surface area contributed by atoms with E-state index in [1.807, 2.05) is 37.3 Å². The van der Waals surface area contributed by atoms with E-state index < -0.39 is 53.3 Å². The Morgan fingerprint density at radius 2 is 1.73 bits per heavy atom. The van der Waals surface area contributed by atoms with Gasteiger partial charge in [0.1, 0.15) is 29.9 Å². The van der Waals surface area contributed by atoms with Gasteiger partial charge in [-0.1, -0.05) is 70.2 Å². The summed E-state index contributed by atoms with van der Waals surface area (Å²) in [6, 6.07) is 20.5. The van der Waals surface area contributed by atoms with Crippen molar-refractivity contribution in [1.82, 2.24) is 14.9 Å². The fourth-order valence-corrected chi connectivity index (χ4v) is 10.00. The van der Waals surface area contributed by atoms with Gasteiger partial charge < -0.3 is 30.0 Å². The first-order valence-corrected chi connectivity index (χ1v) is 20.7. The molecule has 60 heavy (non-hydrogen) atoms. The Morgan fingerprint density at radius 1 is 1.00 bits per heavy atom. The molecule has 0 spiro atoms. The van der Waals surface area contributed by atoms with Crippen molar-refractivity contribution in [1.29, 1.82) is 0 Å². The number of hydrogen-bond donors (Lipinski definition) is 3. The SMILES string of the molecule is CC[C@H](NC(=O)[C@@H]1C[C@@](C)(CC(=O)Nc2ccc(OCc3ccccc3)cc2)c2ncc(NCc3cccc(C(F)(F)F)c3)c(=O)n21)B1O[C@@H]2C[C@@H]3C[C@@H](C3(C)C)[C@]2(C)O1. The summed E-state index contributed by atoms with van der Waals surface area (Å²) in [5.41, 5.74) is -0.910. The average Bonchev–Trinajstić information content (AvgIpc) is 3.73. The molecule has 5 aliphatic rings. The number of nitrogens with one attached hydrogen (secondary N) is 3. The number of benzene rings is 3. The van der Waals surface area contributed by atoms with Crippen molar-refractivity contribution < 1.29 is 36.8 Å². The number of hydrogen-bond acceptors (Lipinski definition) is 8. The third-order valence-corrected chi connectivity index (χ3v) is 13.5. The van der Waals surface area contributed by atoms with Gasteiger partial charge in [-0.05, 0) is 97.4 Å². The number of rotatable bonds is 13. The Kier molecular flexibility index (Phi) is 10.9. The van der Waals surface area contributed by atoms with Crippen LogP contribution in [0, 0.1) is 17.3 Å². The molecule has 7 atom stereocenters. The molecule has 1 saturated heterocycles. The number of aromatic nitrogens is 2. The number of anilines is 2. The number of carbonyl (C=O) groups is 2. The Bertz CT molecular complexity index is 2310. The molecule has 0 radical (unpaired) electrons. The smallest absolute Gasteiger partial charge is 0.481 e. The molecule has 3 aliphatic carbocycles. The number of carbonyl (C=O) groups excluding carboxylic acids is 2. The number of amides is 2. The van der Waals surface area contributed by atoms with Crippen LogP contribution in [0.2, 0.25) is 0 Å². The highest BCUT2D eigenvalue weighted by Gasteiger charge is 2.68. The number of fused-ring (bicyclic) bond motifs is 1. The molecule has 316 valence electrons. The van der Waals surface area contributed by atoms with Gasteiger partial charge in [0.2, 0.25) is 11.8 Å². The molecule has 2 aliphatic heterocycles. The van der Waals surface area contributed by atoms with Crippen LogP contribution < -0.4 is 26.2 Å². The summed E-state index contributed by atoms with van der Waals surface area (Å²) in [6.45, 7) is 10.7. The first-order valence-electron chi connectivity index (χ1n) is 20.7. The quantitative estimate of drug-likeness (QED) is 0.116. The molecule has 3 heterocycles. The molecule has 4 fully saturated rings. The highest BCUT2D eigenvalue weighted by Crippen LogP contribution is 2.65. The van der Waals surface area contributed by atoms with Crippen LogP contribution in [-0.4, -0.2) is 46.1 Å². The van der Waals surface area contributed by atoms with Crippen molar-refractivity contribution in [2.24, 2.45) is 17.3 Å². The van der Waals surface area contributed by atoms with Crippen molar-refractivity contribution in [3.8, 4) is 5.75 Å². The fraction of sp³-hybridized carbons (Fsp3) is 0.467. The number of alkyl halides is 3. The summed E-state index contributed by atoms with van der Waals surface area (Å²) in [5.74, 6) is 0.447. The van der Waals surface area contributed by atoms with Gasteiger partial charge in [0.05, 0.1) is 29.4 Å². The Labute approximate surface area is 347 Å². The zero-order valence-corrected chi connectivity index (χ0v) is 34.5. The lowest BCUT2D eigenvalue weighted by Crippen LogP contribution is -2.65. The third-order valence-electron chi connectivity index (χ3n) is 13.5. The van der Waals surface area contributed by atoms with E-state index in [0.717, 1.165) is 30.5 Å². The number of ether oxygens (including phenoxy) is 1. The zero-order chi connectivity index (χ0) is 42.6. The van der Waals surface area contributed by atoms with E-state index >= 15 is 0 Å². The molecule has 2 bridgehead atoms. The van der Waals surface area contributed by atoms with Crippen molar-refractivity contribution in [3.63, 3.8) is 0 Å². The summed E-state index contributed by atoms with van der Waals surface area (Å²) in [6.07, 6.45) is -0.849. The molecule has 3 aromatic carbocycles. The maximum absolute atomic E-state index is 14.5. The normalized spacial score (nSPS) is 26.6. The molecule has 0 unspecified atom stereocenters. The topological polar surface area (TPSA) is 133 Å². The first-order chi connectivity index (χ1) is 28.5. The average molecular weight is 826 g/mol. The second kappa shape index (κ2) is 15.7. The monoisotopic (exact) mass is 825 g/mol. The van der Waals surface area contributed by atoms with Crippen molar-refractivity contribution in [3.05, 3.63) is 118 Å². The molecular weight excluding hydrogens is 774 g/mol. The van der Waals surface area contributed by atoms with Gasteiger partial charge in [-0.15, -0.1) is 0 Å². The third kappa shape index (κ3) is 7.82. The van der Waals surface area contributed by atoms with Crippen LogP contribution in [0.3, 0.4) is 0 Å². The van der Waals surface area contributed by atoms with Crippen molar-refractivity contribution >= 4 is 30.3 Å². The van der Waals surface area contributed by atoms with Crippen LogP contribution in [0.25, 0.3) is 0 Å². The molecule has 2 amide bonds. The predicted octanol–water partition coefficient (Wildman–Crippen LogP) is 7.85. The van der Waals surface area contributed by atoms with E-state index in [-0.39, 0.29) is 48.3 Å². The zero-order valence-electron chi connectivity index (χ0n) is 34.5. The molecule has 9 rings (SSSR count). The van der Waals surface area contributed by atoms with Gasteiger partial charge in [0, 0.05) is 24.1 Å². The summed E-state index contributed by atoms with van der Waals surface area (Å²) in [7, 11) is -0.687. The van der Waals surface area contributed by atoms with Crippen molar-refractivity contribution in [2.75, 3.05) is 10.6 Å². The van der Waals surface area contributed by atoms with E-state index in [0.29, 0.717) is 41.9 Å². The predicted molar refractivity (Wildman–Crippen MR) is 221 cm³/mol. The van der Waals surface area contributed by atoms with Crippen LogP contribution >= 0.6 is 0 Å². The van der Waals surface area contributed by atoms with Gasteiger partial charge in [-0.3, -0.25) is 19.0 Å². The lowest BCUT2D eigenvalue weighted by Gasteiger charge is -2.64. The largest absolute Gasteiger partial charge is 0.489 e. The molecule has 3 N–H and O–H groups in total. The van der Waals surface area contributed by atoms with E-state index in [1.165, 1.54) is 22.9 Å². The first kappa shape index (κ1) is 41.6. The summed E-state index contributed by atoms with van der Waals surface area (Å²) < 4.78 is 60.7. The van der Waals surface area contributed by atoms with Crippen LogP contribution in [0.5, 0.6) is 5.75 Å². The van der Waals surface area contributed by atoms with Crippen LogP contribution in [-0.2, 0) is 43.6 Å². The van der Waals surface area contributed by atoms with E-state index in [2.05, 4.69) is 41.7 Å². The fourth-order valence-electron chi connectivity index (χ4n) is 10.00. The molecule has 3 saturated carbocycles. The van der Waals surface area contributed by atoms with Gasteiger partial charge in [-0.25, -0.2) is 4.98 Å². The number of halogens is 3. The minimum absolute atomic E-state index is 0.00494. The summed E-state index contributed by atoms with van der Waals surface area (Å²) >= 11 is 0. The lowest BCUT2D eigenvalue weighted by molar-refractivity contribution is -0.199. The van der Waals surface area contributed by atoms with Gasteiger partial charge >= 0.3 is 13.3 Å². The highest BCUT2D eigenvalue weighted by atomic mass is 19.4. The minimum Gasteiger partial charge on any atom is -0.489 e. The molecule has 4 aromatic rings. The Morgan fingerprint density at radius 3 is 2.43 bits per heavy atom. The standard InChI is InChI=1S/C45H51BF3N5O6/c1-6-37(46-59-36-21-30-20-35(42(30,2)3)44(36,5)60-46)53-39(56)34-22-43(4,23-38(55)52-31-15-17-32(18-16-31)58-26-27-11-8-7-9-12-27)41-51-25-33(40(57)54(34)41)50-24-28-13-10-14-29(19-28)45(47,48)49/h7-19,25,30,34-37,50H,6,20-24,26H2,1-5H3,(H,52,55)(H,53,56)/t30-,34-,35-,36+,37-,43-,44-/m0/s1.